The van der Waals surface area contributed by atoms with E-state index in [0.29, 0.717) is 26.4 Å². The van der Waals surface area contributed by atoms with Crippen molar-refractivity contribution >= 4 is 0 Å². The first-order valence-electron chi connectivity index (χ1n) is 5.47. The molecule has 90 valence electrons. The Morgan fingerprint density at radius 1 is 1.31 bits per heavy atom. The molecule has 0 saturated heterocycles. The standard InChI is InChI=1S/C12H19NO3/c1-2-15-10-12(14)8-13-16-9-11-6-4-3-5-7-11/h3-7,12-14H,2,8-10H2,1H3. The molecule has 1 aromatic carbocycles. The Hall–Kier alpha value is -0.940. The number of benzene rings is 1. The number of aliphatic hydroxyl groups excluding tert-OH is 1. The molecule has 4 heteroatoms. The Labute approximate surface area is 96.1 Å². The molecule has 4 nitrogen and oxygen atoms in total. The van der Waals surface area contributed by atoms with Gasteiger partial charge in [-0.3, -0.25) is 4.84 Å². The van der Waals surface area contributed by atoms with E-state index >= 15 is 0 Å². The van der Waals surface area contributed by atoms with Crippen molar-refractivity contribution in [2.45, 2.75) is 19.6 Å². The van der Waals surface area contributed by atoms with Crippen molar-refractivity contribution in [1.82, 2.24) is 5.48 Å². The van der Waals surface area contributed by atoms with Gasteiger partial charge in [0.15, 0.2) is 0 Å². The third-order valence-electron chi connectivity index (χ3n) is 2.02. The van der Waals surface area contributed by atoms with Crippen LogP contribution in [0.2, 0.25) is 0 Å². The fourth-order valence-electron chi connectivity index (χ4n) is 1.18. The van der Waals surface area contributed by atoms with Crippen LogP contribution in [0.1, 0.15) is 12.5 Å². The highest BCUT2D eigenvalue weighted by Gasteiger charge is 2.02. The zero-order valence-corrected chi connectivity index (χ0v) is 9.56. The molecule has 0 bridgehead atoms. The number of rotatable bonds is 8. The molecular formula is C12H19NO3. The Morgan fingerprint density at radius 3 is 2.75 bits per heavy atom. The van der Waals surface area contributed by atoms with Crippen LogP contribution in [0.25, 0.3) is 0 Å². The minimum atomic E-state index is -0.532. The van der Waals surface area contributed by atoms with Crippen LogP contribution >= 0.6 is 0 Å². The first-order valence-corrected chi connectivity index (χ1v) is 5.47. The van der Waals surface area contributed by atoms with E-state index in [9.17, 15) is 5.11 Å². The maximum Gasteiger partial charge on any atom is 0.0933 e. The van der Waals surface area contributed by atoms with Crippen LogP contribution in [0.4, 0.5) is 0 Å². The van der Waals surface area contributed by atoms with Crippen LogP contribution in [-0.2, 0) is 16.2 Å². The summed E-state index contributed by atoms with van der Waals surface area (Å²) in [6.07, 6.45) is -0.532. The topological polar surface area (TPSA) is 50.7 Å². The summed E-state index contributed by atoms with van der Waals surface area (Å²) >= 11 is 0. The molecule has 0 amide bonds. The zero-order chi connectivity index (χ0) is 11.6. The summed E-state index contributed by atoms with van der Waals surface area (Å²) in [7, 11) is 0. The van der Waals surface area contributed by atoms with Crippen molar-refractivity contribution in [1.29, 1.82) is 0 Å². The van der Waals surface area contributed by atoms with Gasteiger partial charge in [0.2, 0.25) is 0 Å². The molecule has 1 unspecified atom stereocenters. The van der Waals surface area contributed by atoms with E-state index in [2.05, 4.69) is 5.48 Å². The van der Waals surface area contributed by atoms with E-state index in [1.165, 1.54) is 0 Å². The van der Waals surface area contributed by atoms with E-state index < -0.39 is 6.10 Å². The average molecular weight is 225 g/mol. The van der Waals surface area contributed by atoms with Crippen molar-refractivity contribution < 1.29 is 14.7 Å². The van der Waals surface area contributed by atoms with Gasteiger partial charge >= 0.3 is 0 Å². The van der Waals surface area contributed by atoms with Crippen molar-refractivity contribution in [2.75, 3.05) is 19.8 Å². The molecule has 0 saturated carbocycles. The minimum Gasteiger partial charge on any atom is -0.389 e. The molecule has 0 heterocycles. The number of hydroxylamine groups is 1. The summed E-state index contributed by atoms with van der Waals surface area (Å²) in [5.74, 6) is 0. The number of hydrogen-bond acceptors (Lipinski definition) is 4. The highest BCUT2D eigenvalue weighted by molar-refractivity contribution is 5.13. The summed E-state index contributed by atoms with van der Waals surface area (Å²) in [4.78, 5) is 5.20. The quantitative estimate of drug-likeness (QED) is 0.514. The second-order valence-electron chi connectivity index (χ2n) is 3.44. The molecule has 0 radical (unpaired) electrons. The fourth-order valence-corrected chi connectivity index (χ4v) is 1.18. The van der Waals surface area contributed by atoms with Gasteiger partial charge in [-0.05, 0) is 12.5 Å². The number of aliphatic hydroxyl groups is 1. The van der Waals surface area contributed by atoms with E-state index in [0.717, 1.165) is 5.56 Å². The lowest BCUT2D eigenvalue weighted by Gasteiger charge is -2.11. The van der Waals surface area contributed by atoms with Gasteiger partial charge < -0.3 is 9.84 Å². The van der Waals surface area contributed by atoms with Crippen LogP contribution in [0.3, 0.4) is 0 Å². The maximum absolute atomic E-state index is 9.41. The molecule has 16 heavy (non-hydrogen) atoms. The fraction of sp³-hybridized carbons (Fsp3) is 0.500. The third kappa shape index (κ3) is 5.82. The molecule has 0 aliphatic rings. The Kier molecular flexibility index (Phi) is 6.76. The Morgan fingerprint density at radius 2 is 2.06 bits per heavy atom. The van der Waals surface area contributed by atoms with E-state index in [-0.39, 0.29) is 0 Å². The molecule has 0 fully saturated rings. The zero-order valence-electron chi connectivity index (χ0n) is 9.56. The molecular weight excluding hydrogens is 206 g/mol. The molecule has 0 aromatic heterocycles. The highest BCUT2D eigenvalue weighted by Crippen LogP contribution is 1.98. The Balaban J connectivity index is 2.03. The summed E-state index contributed by atoms with van der Waals surface area (Å²) in [6.45, 7) is 3.70. The summed E-state index contributed by atoms with van der Waals surface area (Å²) in [5.41, 5.74) is 3.80. The number of hydrogen-bond donors (Lipinski definition) is 2. The van der Waals surface area contributed by atoms with Gasteiger partial charge in [-0.25, -0.2) is 0 Å². The van der Waals surface area contributed by atoms with Gasteiger partial charge in [-0.15, -0.1) is 0 Å². The second-order valence-corrected chi connectivity index (χ2v) is 3.44. The van der Waals surface area contributed by atoms with Crippen LogP contribution in [0, 0.1) is 0 Å². The van der Waals surface area contributed by atoms with E-state index in [4.69, 9.17) is 9.57 Å². The number of ether oxygens (including phenoxy) is 1. The summed E-state index contributed by atoms with van der Waals surface area (Å²) < 4.78 is 5.07. The second kappa shape index (κ2) is 8.24. The Bertz CT molecular complexity index is 266. The van der Waals surface area contributed by atoms with Gasteiger partial charge in [0, 0.05) is 13.2 Å². The van der Waals surface area contributed by atoms with Crippen molar-refractivity contribution in [3.63, 3.8) is 0 Å². The van der Waals surface area contributed by atoms with Crippen LogP contribution in [0.5, 0.6) is 0 Å². The lowest BCUT2D eigenvalue weighted by Crippen LogP contribution is -2.30. The normalized spacial score (nSPS) is 12.6. The largest absolute Gasteiger partial charge is 0.389 e. The smallest absolute Gasteiger partial charge is 0.0933 e. The lowest BCUT2D eigenvalue weighted by molar-refractivity contribution is -0.0200. The monoisotopic (exact) mass is 225 g/mol. The first-order chi connectivity index (χ1) is 7.83. The van der Waals surface area contributed by atoms with Crippen molar-refractivity contribution in [3.05, 3.63) is 35.9 Å². The number of nitrogens with one attached hydrogen (secondary N) is 1. The van der Waals surface area contributed by atoms with E-state index in [1.54, 1.807) is 0 Å². The van der Waals surface area contributed by atoms with Gasteiger partial charge in [-0.2, -0.15) is 5.48 Å². The molecule has 1 atom stereocenters. The average Bonchev–Trinajstić information content (AvgIpc) is 2.33. The van der Waals surface area contributed by atoms with E-state index in [1.807, 2.05) is 37.3 Å². The predicted octanol–water partition coefficient (Wildman–Crippen LogP) is 1.11. The summed E-state index contributed by atoms with van der Waals surface area (Å²) in [6, 6.07) is 9.85. The highest BCUT2D eigenvalue weighted by atomic mass is 16.6. The van der Waals surface area contributed by atoms with Gasteiger partial charge in [0.05, 0.1) is 19.3 Å². The minimum absolute atomic E-state index is 0.332. The molecule has 0 aliphatic carbocycles. The first kappa shape index (κ1) is 13.1. The van der Waals surface area contributed by atoms with Crippen molar-refractivity contribution in [3.8, 4) is 0 Å². The van der Waals surface area contributed by atoms with Crippen LogP contribution in [0.15, 0.2) is 30.3 Å². The van der Waals surface area contributed by atoms with Gasteiger partial charge in [0.1, 0.15) is 0 Å². The van der Waals surface area contributed by atoms with Crippen molar-refractivity contribution in [2.24, 2.45) is 0 Å². The lowest BCUT2D eigenvalue weighted by atomic mass is 10.2. The predicted molar refractivity (Wildman–Crippen MR) is 61.7 cm³/mol. The maximum atomic E-state index is 9.41. The molecule has 1 aromatic rings. The third-order valence-corrected chi connectivity index (χ3v) is 2.02. The van der Waals surface area contributed by atoms with Crippen LogP contribution in [-0.4, -0.2) is 31.0 Å². The summed E-state index contributed by atoms with van der Waals surface area (Å²) in [5, 5.41) is 9.41. The molecule has 0 spiro atoms. The molecule has 0 aliphatic heterocycles. The molecule has 1 rings (SSSR count). The van der Waals surface area contributed by atoms with Gasteiger partial charge in [-0.1, -0.05) is 30.3 Å². The van der Waals surface area contributed by atoms with Crippen LogP contribution < -0.4 is 5.48 Å². The molecule has 2 N–H and O–H groups in total. The van der Waals surface area contributed by atoms with Gasteiger partial charge in [0.25, 0.3) is 0 Å². The SMILES string of the molecule is CCOCC(O)CNOCc1ccccc1.